The van der Waals surface area contributed by atoms with Crippen LogP contribution in [0, 0.1) is 5.41 Å². The Kier molecular flexibility index (Phi) is 4.63. The lowest BCUT2D eigenvalue weighted by molar-refractivity contribution is 0.462. The van der Waals surface area contributed by atoms with E-state index in [0.717, 1.165) is 12.0 Å². The summed E-state index contributed by atoms with van der Waals surface area (Å²) < 4.78 is 0. The summed E-state index contributed by atoms with van der Waals surface area (Å²) in [5, 5.41) is 0. The molecule has 0 saturated heterocycles. The molecule has 106 valence electrons. The van der Waals surface area contributed by atoms with Gasteiger partial charge in [0.1, 0.15) is 0 Å². The molecule has 0 amide bonds. The molecule has 19 heavy (non-hydrogen) atoms. The van der Waals surface area contributed by atoms with E-state index in [4.69, 9.17) is 5.73 Å². The lowest BCUT2D eigenvalue weighted by Crippen LogP contribution is -2.31. The van der Waals surface area contributed by atoms with Crippen molar-refractivity contribution in [3.8, 4) is 0 Å². The zero-order valence-electron chi connectivity index (χ0n) is 13.4. The zero-order valence-corrected chi connectivity index (χ0v) is 13.4. The van der Waals surface area contributed by atoms with E-state index in [1.807, 2.05) is 0 Å². The Balaban J connectivity index is 2.77. The smallest absolute Gasteiger partial charge is 0.0297 e. The predicted octanol–water partition coefficient (Wildman–Crippen LogP) is 4.46. The normalized spacial score (nSPS) is 14.3. The molecule has 0 radical (unpaired) electrons. The first-order chi connectivity index (χ1) is 8.51. The molecule has 1 nitrogen and oxygen atoms in total. The van der Waals surface area contributed by atoms with Crippen LogP contribution in [0.1, 0.15) is 52.7 Å². The largest absolute Gasteiger partial charge is 0.324 e. The SMILES string of the molecule is C=C([C@H](N)Cc1ccc(C(C)(C)C)cc1)C(C)(C)C. The summed E-state index contributed by atoms with van der Waals surface area (Å²) >= 11 is 0. The van der Waals surface area contributed by atoms with Crippen molar-refractivity contribution in [2.75, 3.05) is 0 Å². The van der Waals surface area contributed by atoms with Gasteiger partial charge in [0.05, 0.1) is 0 Å². The van der Waals surface area contributed by atoms with Crippen LogP contribution in [0.15, 0.2) is 36.4 Å². The third-order valence-electron chi connectivity index (χ3n) is 3.69. The second-order valence-corrected chi connectivity index (χ2v) is 7.53. The molecular formula is C18H29N. The summed E-state index contributed by atoms with van der Waals surface area (Å²) in [4.78, 5) is 0. The Labute approximate surface area is 118 Å². The van der Waals surface area contributed by atoms with E-state index in [-0.39, 0.29) is 16.9 Å². The second-order valence-electron chi connectivity index (χ2n) is 7.53. The highest BCUT2D eigenvalue weighted by Gasteiger charge is 2.21. The maximum absolute atomic E-state index is 6.26. The van der Waals surface area contributed by atoms with E-state index < -0.39 is 0 Å². The molecule has 0 unspecified atom stereocenters. The van der Waals surface area contributed by atoms with Crippen LogP contribution in [0.2, 0.25) is 0 Å². The van der Waals surface area contributed by atoms with Crippen LogP contribution in [-0.2, 0) is 11.8 Å². The highest BCUT2D eigenvalue weighted by Crippen LogP contribution is 2.27. The molecule has 0 aliphatic rings. The van der Waals surface area contributed by atoms with Crippen LogP contribution in [-0.4, -0.2) is 6.04 Å². The monoisotopic (exact) mass is 259 g/mol. The Bertz CT molecular complexity index is 426. The van der Waals surface area contributed by atoms with Crippen LogP contribution in [0.25, 0.3) is 0 Å². The Hall–Kier alpha value is -1.08. The fourth-order valence-electron chi connectivity index (χ4n) is 2.07. The van der Waals surface area contributed by atoms with Crippen molar-refractivity contribution >= 4 is 0 Å². The van der Waals surface area contributed by atoms with Crippen molar-refractivity contribution in [3.63, 3.8) is 0 Å². The number of hydrogen-bond acceptors (Lipinski definition) is 1. The molecule has 0 saturated carbocycles. The number of hydrogen-bond donors (Lipinski definition) is 1. The third kappa shape index (κ3) is 4.50. The van der Waals surface area contributed by atoms with Gasteiger partial charge in [-0.3, -0.25) is 0 Å². The van der Waals surface area contributed by atoms with E-state index >= 15 is 0 Å². The standard InChI is InChI=1S/C18H29N/c1-13(17(2,3)4)16(19)12-14-8-10-15(11-9-14)18(5,6)7/h8-11,16H,1,12,19H2,2-7H3/t16-/m1/s1. The zero-order chi connectivity index (χ0) is 14.8. The first-order valence-electron chi connectivity index (χ1n) is 7.06. The van der Waals surface area contributed by atoms with Crippen molar-refractivity contribution in [1.82, 2.24) is 0 Å². The molecule has 0 aromatic heterocycles. The summed E-state index contributed by atoms with van der Waals surface area (Å²) in [6, 6.07) is 8.83. The van der Waals surface area contributed by atoms with E-state index in [9.17, 15) is 0 Å². The lowest BCUT2D eigenvalue weighted by Gasteiger charge is -2.27. The van der Waals surface area contributed by atoms with Crippen LogP contribution in [0.5, 0.6) is 0 Å². The van der Waals surface area contributed by atoms with Crippen LogP contribution < -0.4 is 5.73 Å². The average molecular weight is 259 g/mol. The quantitative estimate of drug-likeness (QED) is 0.797. The minimum atomic E-state index is 0.0282. The van der Waals surface area contributed by atoms with Gasteiger partial charge in [-0.05, 0) is 28.4 Å². The van der Waals surface area contributed by atoms with Gasteiger partial charge in [-0.1, -0.05) is 78.0 Å². The summed E-state index contributed by atoms with van der Waals surface area (Å²) in [7, 11) is 0. The van der Waals surface area contributed by atoms with Crippen molar-refractivity contribution in [3.05, 3.63) is 47.5 Å². The minimum absolute atomic E-state index is 0.0282. The number of nitrogens with two attached hydrogens (primary N) is 1. The van der Waals surface area contributed by atoms with Crippen molar-refractivity contribution in [2.24, 2.45) is 11.1 Å². The molecule has 0 fully saturated rings. The third-order valence-corrected chi connectivity index (χ3v) is 3.69. The maximum Gasteiger partial charge on any atom is 0.0297 e. The molecule has 1 aromatic rings. The number of rotatable bonds is 3. The van der Waals surface area contributed by atoms with E-state index in [2.05, 4.69) is 72.4 Å². The Morgan fingerprint density at radius 3 is 1.89 bits per heavy atom. The first-order valence-corrected chi connectivity index (χ1v) is 7.06. The van der Waals surface area contributed by atoms with Crippen LogP contribution in [0.4, 0.5) is 0 Å². The predicted molar refractivity (Wildman–Crippen MR) is 85.4 cm³/mol. The van der Waals surface area contributed by atoms with Gasteiger partial charge in [-0.2, -0.15) is 0 Å². The fourth-order valence-corrected chi connectivity index (χ4v) is 2.07. The highest BCUT2D eigenvalue weighted by atomic mass is 14.6. The minimum Gasteiger partial charge on any atom is -0.324 e. The second kappa shape index (κ2) is 5.50. The number of benzene rings is 1. The molecule has 1 aromatic carbocycles. The summed E-state index contributed by atoms with van der Waals surface area (Å²) in [5.41, 5.74) is 10.3. The molecule has 0 aliphatic heterocycles. The molecule has 0 spiro atoms. The van der Waals surface area contributed by atoms with Crippen LogP contribution >= 0.6 is 0 Å². The van der Waals surface area contributed by atoms with Gasteiger partial charge in [0.2, 0.25) is 0 Å². The Morgan fingerprint density at radius 2 is 1.53 bits per heavy atom. The lowest BCUT2D eigenvalue weighted by atomic mass is 9.81. The van der Waals surface area contributed by atoms with E-state index in [0.29, 0.717) is 0 Å². The van der Waals surface area contributed by atoms with Gasteiger partial charge in [0, 0.05) is 6.04 Å². The average Bonchev–Trinajstić information content (AvgIpc) is 2.26. The summed E-state index contributed by atoms with van der Waals surface area (Å²) in [6.45, 7) is 17.3. The fraction of sp³-hybridized carbons (Fsp3) is 0.556. The Morgan fingerprint density at radius 1 is 1.05 bits per heavy atom. The van der Waals surface area contributed by atoms with Crippen molar-refractivity contribution < 1.29 is 0 Å². The van der Waals surface area contributed by atoms with Gasteiger partial charge in [0.15, 0.2) is 0 Å². The summed E-state index contributed by atoms with van der Waals surface area (Å²) in [6.07, 6.45) is 0.862. The van der Waals surface area contributed by atoms with Gasteiger partial charge in [-0.25, -0.2) is 0 Å². The molecule has 0 bridgehead atoms. The molecular weight excluding hydrogens is 230 g/mol. The van der Waals surface area contributed by atoms with Crippen molar-refractivity contribution in [1.29, 1.82) is 0 Å². The molecule has 1 atom stereocenters. The first kappa shape index (κ1) is 16.0. The summed E-state index contributed by atoms with van der Waals surface area (Å²) in [5.74, 6) is 0. The highest BCUT2D eigenvalue weighted by molar-refractivity contribution is 5.29. The van der Waals surface area contributed by atoms with E-state index in [1.54, 1.807) is 0 Å². The molecule has 1 rings (SSSR count). The van der Waals surface area contributed by atoms with Gasteiger partial charge in [0.25, 0.3) is 0 Å². The topological polar surface area (TPSA) is 26.0 Å². The molecule has 2 N–H and O–H groups in total. The van der Waals surface area contributed by atoms with E-state index in [1.165, 1.54) is 11.1 Å². The molecule has 0 aliphatic carbocycles. The van der Waals surface area contributed by atoms with Crippen LogP contribution in [0.3, 0.4) is 0 Å². The van der Waals surface area contributed by atoms with Crippen molar-refractivity contribution in [2.45, 2.75) is 59.4 Å². The van der Waals surface area contributed by atoms with Gasteiger partial charge in [-0.15, -0.1) is 0 Å². The maximum atomic E-state index is 6.26. The van der Waals surface area contributed by atoms with Gasteiger partial charge < -0.3 is 5.73 Å². The molecule has 1 heteroatoms. The van der Waals surface area contributed by atoms with Gasteiger partial charge >= 0.3 is 0 Å². The molecule has 0 heterocycles.